The Hall–Kier alpha value is -1.68. The SMILES string of the molecule is Cc1ccc(C(=O)NC/C=C/CN)c(C)n1. The lowest BCUT2D eigenvalue weighted by molar-refractivity contribution is 0.0957. The molecule has 0 bridgehead atoms. The van der Waals surface area contributed by atoms with Crippen molar-refractivity contribution in [3.8, 4) is 0 Å². The van der Waals surface area contributed by atoms with Gasteiger partial charge in [0.25, 0.3) is 5.91 Å². The first-order valence-corrected chi connectivity index (χ1v) is 5.22. The van der Waals surface area contributed by atoms with Crippen molar-refractivity contribution >= 4 is 5.91 Å². The number of amides is 1. The van der Waals surface area contributed by atoms with Gasteiger partial charge in [0.1, 0.15) is 0 Å². The van der Waals surface area contributed by atoms with E-state index in [0.717, 1.165) is 11.4 Å². The van der Waals surface area contributed by atoms with Crippen molar-refractivity contribution in [1.82, 2.24) is 10.3 Å². The van der Waals surface area contributed by atoms with Gasteiger partial charge in [0, 0.05) is 18.8 Å². The Bertz CT molecular complexity index is 399. The second-order valence-corrected chi connectivity index (χ2v) is 3.50. The molecule has 0 saturated carbocycles. The van der Waals surface area contributed by atoms with E-state index in [1.165, 1.54) is 0 Å². The maximum absolute atomic E-state index is 11.7. The second-order valence-electron chi connectivity index (χ2n) is 3.50. The minimum atomic E-state index is -0.105. The second kappa shape index (κ2) is 6.02. The molecule has 0 atom stereocenters. The molecule has 4 nitrogen and oxygen atoms in total. The van der Waals surface area contributed by atoms with Crippen LogP contribution < -0.4 is 11.1 Å². The van der Waals surface area contributed by atoms with Crippen molar-refractivity contribution in [2.24, 2.45) is 5.73 Å². The summed E-state index contributed by atoms with van der Waals surface area (Å²) in [5.74, 6) is -0.105. The smallest absolute Gasteiger partial charge is 0.253 e. The quantitative estimate of drug-likeness (QED) is 0.741. The number of hydrogen-bond donors (Lipinski definition) is 2. The van der Waals surface area contributed by atoms with Crippen molar-refractivity contribution in [1.29, 1.82) is 0 Å². The van der Waals surface area contributed by atoms with E-state index >= 15 is 0 Å². The van der Waals surface area contributed by atoms with Crippen molar-refractivity contribution in [3.63, 3.8) is 0 Å². The number of nitrogens with zero attached hydrogens (tertiary/aromatic N) is 1. The molecule has 16 heavy (non-hydrogen) atoms. The van der Waals surface area contributed by atoms with Crippen LogP contribution in [0.15, 0.2) is 24.3 Å². The molecule has 0 aliphatic rings. The highest BCUT2D eigenvalue weighted by atomic mass is 16.1. The van der Waals surface area contributed by atoms with Gasteiger partial charge >= 0.3 is 0 Å². The van der Waals surface area contributed by atoms with Gasteiger partial charge in [-0.25, -0.2) is 0 Å². The summed E-state index contributed by atoms with van der Waals surface area (Å²) in [4.78, 5) is 16.0. The van der Waals surface area contributed by atoms with Crippen molar-refractivity contribution in [2.75, 3.05) is 13.1 Å². The Balaban J connectivity index is 2.63. The van der Waals surface area contributed by atoms with Crippen LogP contribution in [-0.2, 0) is 0 Å². The number of nitrogens with one attached hydrogen (secondary N) is 1. The average Bonchev–Trinajstić information content (AvgIpc) is 2.24. The van der Waals surface area contributed by atoms with Crippen LogP contribution >= 0.6 is 0 Å². The number of nitrogens with two attached hydrogens (primary N) is 1. The molecule has 1 rings (SSSR count). The summed E-state index contributed by atoms with van der Waals surface area (Å²) >= 11 is 0. The maximum atomic E-state index is 11.7. The van der Waals surface area contributed by atoms with Gasteiger partial charge in [-0.15, -0.1) is 0 Å². The number of hydrogen-bond acceptors (Lipinski definition) is 3. The fourth-order valence-electron chi connectivity index (χ4n) is 1.35. The summed E-state index contributed by atoms with van der Waals surface area (Å²) in [6.07, 6.45) is 3.63. The first-order valence-electron chi connectivity index (χ1n) is 5.22. The van der Waals surface area contributed by atoms with Gasteiger partial charge in [-0.05, 0) is 26.0 Å². The van der Waals surface area contributed by atoms with Crippen LogP contribution in [0.25, 0.3) is 0 Å². The highest BCUT2D eigenvalue weighted by molar-refractivity contribution is 5.95. The fraction of sp³-hybridized carbons (Fsp3) is 0.333. The van der Waals surface area contributed by atoms with Gasteiger partial charge in [0.2, 0.25) is 0 Å². The molecule has 0 aliphatic heterocycles. The third-order valence-corrected chi connectivity index (χ3v) is 2.15. The van der Waals surface area contributed by atoms with Crippen LogP contribution in [0, 0.1) is 13.8 Å². The fourth-order valence-corrected chi connectivity index (χ4v) is 1.35. The Morgan fingerprint density at radius 2 is 2.19 bits per heavy atom. The van der Waals surface area contributed by atoms with E-state index in [1.807, 2.05) is 26.0 Å². The molecule has 0 aliphatic carbocycles. The van der Waals surface area contributed by atoms with Gasteiger partial charge in [-0.3, -0.25) is 9.78 Å². The number of pyridine rings is 1. The predicted molar refractivity (Wildman–Crippen MR) is 64.2 cm³/mol. The Morgan fingerprint density at radius 1 is 1.44 bits per heavy atom. The summed E-state index contributed by atoms with van der Waals surface area (Å²) in [7, 11) is 0. The highest BCUT2D eigenvalue weighted by Gasteiger charge is 2.08. The number of carbonyl (C=O) groups is 1. The summed E-state index contributed by atoms with van der Waals surface area (Å²) in [5.41, 5.74) is 7.57. The molecule has 0 radical (unpaired) electrons. The molecule has 0 unspecified atom stereocenters. The Kier molecular flexibility index (Phi) is 4.66. The number of aromatic nitrogens is 1. The van der Waals surface area contributed by atoms with E-state index < -0.39 is 0 Å². The standard InChI is InChI=1S/C12H17N3O/c1-9-5-6-11(10(2)15-9)12(16)14-8-4-3-7-13/h3-6H,7-8,13H2,1-2H3,(H,14,16)/b4-3+. The summed E-state index contributed by atoms with van der Waals surface area (Å²) in [5, 5.41) is 2.77. The maximum Gasteiger partial charge on any atom is 0.253 e. The zero-order valence-electron chi connectivity index (χ0n) is 9.66. The third-order valence-electron chi connectivity index (χ3n) is 2.15. The molecule has 0 spiro atoms. The van der Waals surface area contributed by atoms with Crippen molar-refractivity contribution in [3.05, 3.63) is 41.2 Å². The molecule has 1 amide bonds. The molecule has 4 heteroatoms. The molecule has 1 aromatic rings. The van der Waals surface area contributed by atoms with Crippen LogP contribution in [0.2, 0.25) is 0 Å². The van der Waals surface area contributed by atoms with E-state index in [4.69, 9.17) is 5.73 Å². The molecule has 1 aromatic heterocycles. The van der Waals surface area contributed by atoms with Crippen molar-refractivity contribution < 1.29 is 4.79 Å². The number of rotatable bonds is 4. The molecular weight excluding hydrogens is 202 g/mol. The van der Waals surface area contributed by atoms with Crippen LogP contribution in [0.5, 0.6) is 0 Å². The van der Waals surface area contributed by atoms with E-state index in [2.05, 4.69) is 10.3 Å². The first-order chi connectivity index (χ1) is 7.65. The Morgan fingerprint density at radius 3 is 2.81 bits per heavy atom. The monoisotopic (exact) mass is 219 g/mol. The number of aryl methyl sites for hydroxylation is 2. The normalized spacial score (nSPS) is 10.7. The van der Waals surface area contributed by atoms with E-state index in [0.29, 0.717) is 18.7 Å². The first kappa shape index (κ1) is 12.4. The highest BCUT2D eigenvalue weighted by Crippen LogP contribution is 2.05. The molecule has 3 N–H and O–H groups in total. The lowest BCUT2D eigenvalue weighted by Gasteiger charge is -2.05. The molecule has 0 fully saturated rings. The van der Waals surface area contributed by atoms with Gasteiger partial charge in [0.15, 0.2) is 0 Å². The summed E-state index contributed by atoms with van der Waals surface area (Å²) < 4.78 is 0. The van der Waals surface area contributed by atoms with Crippen LogP contribution in [0.1, 0.15) is 21.7 Å². The molecule has 0 saturated heterocycles. The van der Waals surface area contributed by atoms with Crippen LogP contribution in [-0.4, -0.2) is 24.0 Å². The van der Waals surface area contributed by atoms with Crippen LogP contribution in [0.4, 0.5) is 0 Å². The number of carbonyl (C=O) groups excluding carboxylic acids is 1. The average molecular weight is 219 g/mol. The summed E-state index contributed by atoms with van der Waals surface area (Å²) in [6, 6.07) is 3.62. The lowest BCUT2D eigenvalue weighted by atomic mass is 10.2. The lowest BCUT2D eigenvalue weighted by Crippen LogP contribution is -2.24. The zero-order chi connectivity index (χ0) is 12.0. The summed E-state index contributed by atoms with van der Waals surface area (Å²) in [6.45, 7) is 4.71. The molecule has 86 valence electrons. The minimum Gasteiger partial charge on any atom is -0.349 e. The van der Waals surface area contributed by atoms with Crippen molar-refractivity contribution in [2.45, 2.75) is 13.8 Å². The molecular formula is C12H17N3O. The van der Waals surface area contributed by atoms with Gasteiger partial charge in [-0.1, -0.05) is 12.2 Å². The van der Waals surface area contributed by atoms with Gasteiger partial charge in [0.05, 0.1) is 11.3 Å². The Labute approximate surface area is 95.6 Å². The van der Waals surface area contributed by atoms with E-state index in [-0.39, 0.29) is 5.91 Å². The predicted octanol–water partition coefficient (Wildman–Crippen LogP) is 0.943. The topological polar surface area (TPSA) is 68.0 Å². The minimum absolute atomic E-state index is 0.105. The van der Waals surface area contributed by atoms with E-state index in [1.54, 1.807) is 12.1 Å². The third kappa shape index (κ3) is 3.47. The van der Waals surface area contributed by atoms with Gasteiger partial charge in [-0.2, -0.15) is 0 Å². The molecule has 1 heterocycles. The zero-order valence-corrected chi connectivity index (χ0v) is 9.66. The largest absolute Gasteiger partial charge is 0.349 e. The molecule has 0 aromatic carbocycles. The van der Waals surface area contributed by atoms with Crippen LogP contribution in [0.3, 0.4) is 0 Å². The van der Waals surface area contributed by atoms with E-state index in [9.17, 15) is 4.79 Å². The van der Waals surface area contributed by atoms with Gasteiger partial charge < -0.3 is 11.1 Å².